The summed E-state index contributed by atoms with van der Waals surface area (Å²) in [6, 6.07) is 14.1. The predicted molar refractivity (Wildman–Crippen MR) is 131 cm³/mol. The number of allylic oxidation sites excluding steroid dienone is 1. The van der Waals surface area contributed by atoms with Crippen molar-refractivity contribution >= 4 is 23.1 Å². The van der Waals surface area contributed by atoms with Crippen molar-refractivity contribution in [3.63, 3.8) is 0 Å². The molecule has 0 spiro atoms. The molecule has 0 saturated carbocycles. The number of methoxy groups -OCH3 is 2. The van der Waals surface area contributed by atoms with Crippen LogP contribution in [0.4, 0.5) is 0 Å². The van der Waals surface area contributed by atoms with Gasteiger partial charge in [-0.3, -0.25) is 4.57 Å². The maximum Gasteiger partial charge on any atom is 0.192 e. The van der Waals surface area contributed by atoms with Gasteiger partial charge in [0.15, 0.2) is 22.5 Å². The molecule has 0 N–H and O–H groups in total. The van der Waals surface area contributed by atoms with E-state index < -0.39 is 0 Å². The van der Waals surface area contributed by atoms with Gasteiger partial charge in [0.05, 0.1) is 19.9 Å². The van der Waals surface area contributed by atoms with Crippen LogP contribution in [-0.4, -0.2) is 34.0 Å². The van der Waals surface area contributed by atoms with E-state index in [0.29, 0.717) is 23.8 Å². The summed E-state index contributed by atoms with van der Waals surface area (Å²) in [5.74, 6) is 2.94. The van der Waals surface area contributed by atoms with Crippen molar-refractivity contribution in [2.45, 2.75) is 24.4 Å². The molecule has 4 aromatic rings. The second kappa shape index (κ2) is 10.0. The highest BCUT2D eigenvalue weighted by Gasteiger charge is 2.15. The average Bonchev–Trinajstić information content (AvgIpc) is 3.44. The van der Waals surface area contributed by atoms with E-state index in [1.165, 1.54) is 5.56 Å². The molecule has 0 aliphatic heterocycles. The third-order valence-corrected chi connectivity index (χ3v) is 6.78. The lowest BCUT2D eigenvalue weighted by Crippen LogP contribution is -2.01. The van der Waals surface area contributed by atoms with Crippen LogP contribution in [-0.2, 0) is 12.3 Å². The molecule has 0 unspecified atom stereocenters. The minimum atomic E-state index is 0.645. The zero-order valence-corrected chi connectivity index (χ0v) is 19.9. The SMILES string of the molecule is C=CCn1c(SCc2csc(-c3ccc(OC)c(OC)c3)n2)nnc1-c1cccc(C)c1. The van der Waals surface area contributed by atoms with Gasteiger partial charge < -0.3 is 9.47 Å². The summed E-state index contributed by atoms with van der Waals surface area (Å²) >= 11 is 3.23. The minimum Gasteiger partial charge on any atom is -0.493 e. The number of aryl methyl sites for hydroxylation is 1. The van der Waals surface area contributed by atoms with Crippen molar-refractivity contribution in [2.75, 3.05) is 14.2 Å². The van der Waals surface area contributed by atoms with Gasteiger partial charge in [0.1, 0.15) is 5.01 Å². The van der Waals surface area contributed by atoms with E-state index in [9.17, 15) is 0 Å². The first kappa shape index (κ1) is 22.1. The molecular formula is C24H24N4O2S2. The second-order valence-electron chi connectivity index (χ2n) is 7.08. The normalized spacial score (nSPS) is 10.8. The van der Waals surface area contributed by atoms with Crippen LogP contribution in [0.1, 0.15) is 11.3 Å². The first-order chi connectivity index (χ1) is 15.6. The Bertz CT molecular complexity index is 1230. The topological polar surface area (TPSA) is 62.1 Å². The van der Waals surface area contributed by atoms with Crippen molar-refractivity contribution < 1.29 is 9.47 Å². The summed E-state index contributed by atoms with van der Waals surface area (Å²) in [5, 5.41) is 12.7. The summed E-state index contributed by atoms with van der Waals surface area (Å²) < 4.78 is 12.8. The van der Waals surface area contributed by atoms with Gasteiger partial charge in [0, 0.05) is 28.8 Å². The van der Waals surface area contributed by atoms with Gasteiger partial charge >= 0.3 is 0 Å². The molecule has 0 radical (unpaired) electrons. The molecule has 6 nitrogen and oxygen atoms in total. The average molecular weight is 465 g/mol. The largest absolute Gasteiger partial charge is 0.493 e. The number of benzene rings is 2. The van der Waals surface area contributed by atoms with Crippen molar-refractivity contribution in [1.29, 1.82) is 0 Å². The van der Waals surface area contributed by atoms with Gasteiger partial charge in [-0.1, -0.05) is 41.6 Å². The Morgan fingerprint density at radius 3 is 2.66 bits per heavy atom. The molecule has 0 aliphatic carbocycles. The van der Waals surface area contributed by atoms with Gasteiger partial charge in [0.25, 0.3) is 0 Å². The quantitative estimate of drug-likeness (QED) is 0.228. The van der Waals surface area contributed by atoms with Crippen LogP contribution in [0.5, 0.6) is 11.5 Å². The molecule has 0 bridgehead atoms. The van der Waals surface area contributed by atoms with E-state index in [-0.39, 0.29) is 0 Å². The fourth-order valence-corrected chi connectivity index (χ4v) is 5.06. The zero-order valence-electron chi connectivity index (χ0n) is 18.2. The maximum atomic E-state index is 5.41. The Kier molecular flexibility index (Phi) is 6.92. The molecule has 2 aromatic carbocycles. The summed E-state index contributed by atoms with van der Waals surface area (Å²) in [7, 11) is 3.27. The molecule has 0 amide bonds. The predicted octanol–water partition coefficient (Wildman–Crippen LogP) is 5.87. The van der Waals surface area contributed by atoms with E-state index in [4.69, 9.17) is 14.5 Å². The van der Waals surface area contributed by atoms with Crippen molar-refractivity contribution in [2.24, 2.45) is 0 Å². The summed E-state index contributed by atoms with van der Waals surface area (Å²) in [6.45, 7) is 6.62. The third kappa shape index (κ3) is 4.71. The number of thiazole rings is 1. The second-order valence-corrected chi connectivity index (χ2v) is 8.88. The number of rotatable bonds is 9. The minimum absolute atomic E-state index is 0.645. The zero-order chi connectivity index (χ0) is 22.5. The monoisotopic (exact) mass is 464 g/mol. The Hall–Kier alpha value is -3.10. The number of hydrogen-bond donors (Lipinski definition) is 0. The molecule has 4 rings (SSSR count). The van der Waals surface area contributed by atoms with Gasteiger partial charge in [0.2, 0.25) is 0 Å². The molecule has 8 heteroatoms. The number of ether oxygens (including phenoxy) is 2. The summed E-state index contributed by atoms with van der Waals surface area (Å²) in [5.41, 5.74) is 4.24. The number of aromatic nitrogens is 4. The van der Waals surface area contributed by atoms with Crippen LogP contribution >= 0.6 is 23.1 Å². The van der Waals surface area contributed by atoms with E-state index in [2.05, 4.69) is 51.8 Å². The van der Waals surface area contributed by atoms with Crippen LogP contribution in [0.25, 0.3) is 22.0 Å². The van der Waals surface area contributed by atoms with Crippen LogP contribution in [0.2, 0.25) is 0 Å². The highest BCUT2D eigenvalue weighted by molar-refractivity contribution is 7.98. The molecule has 0 atom stereocenters. The highest BCUT2D eigenvalue weighted by Crippen LogP contribution is 2.34. The molecule has 0 aliphatic rings. The molecule has 164 valence electrons. The highest BCUT2D eigenvalue weighted by atomic mass is 32.2. The number of nitrogens with zero attached hydrogens (tertiary/aromatic N) is 4. The van der Waals surface area contributed by atoms with Crippen molar-refractivity contribution in [1.82, 2.24) is 19.7 Å². The fourth-order valence-electron chi connectivity index (χ4n) is 3.30. The molecule has 2 aromatic heterocycles. The molecule has 32 heavy (non-hydrogen) atoms. The summed E-state index contributed by atoms with van der Waals surface area (Å²) in [6.07, 6.45) is 1.87. The lowest BCUT2D eigenvalue weighted by molar-refractivity contribution is 0.355. The van der Waals surface area contributed by atoms with Crippen LogP contribution < -0.4 is 9.47 Å². The molecule has 2 heterocycles. The standard InChI is InChI=1S/C24H24N4O2S2/c1-5-11-28-22(17-8-6-7-16(2)12-17)26-27-24(28)32-15-19-14-31-23(25-19)18-9-10-20(29-3)21(13-18)30-4/h5-10,12-14H,1,11,15H2,2-4H3. The first-order valence-electron chi connectivity index (χ1n) is 10.0. The van der Waals surface area contributed by atoms with Crippen molar-refractivity contribution in [3.8, 4) is 33.5 Å². The van der Waals surface area contributed by atoms with E-state index in [1.807, 2.05) is 30.3 Å². The van der Waals surface area contributed by atoms with Gasteiger partial charge in [-0.25, -0.2) is 4.98 Å². The third-order valence-electron chi connectivity index (χ3n) is 4.84. The Morgan fingerprint density at radius 2 is 1.91 bits per heavy atom. The Balaban J connectivity index is 1.52. The lowest BCUT2D eigenvalue weighted by atomic mass is 10.1. The molecular weight excluding hydrogens is 440 g/mol. The Morgan fingerprint density at radius 1 is 1.06 bits per heavy atom. The van der Waals surface area contributed by atoms with Gasteiger partial charge in [-0.2, -0.15) is 0 Å². The first-order valence-corrected chi connectivity index (χ1v) is 11.9. The van der Waals surface area contributed by atoms with Crippen LogP contribution in [0.3, 0.4) is 0 Å². The molecule has 0 fully saturated rings. The van der Waals surface area contributed by atoms with Crippen LogP contribution in [0.15, 0.2) is 65.7 Å². The lowest BCUT2D eigenvalue weighted by Gasteiger charge is -2.08. The van der Waals surface area contributed by atoms with Crippen LogP contribution in [0, 0.1) is 6.92 Å². The van der Waals surface area contributed by atoms with Gasteiger partial charge in [-0.05, 0) is 31.2 Å². The van der Waals surface area contributed by atoms with E-state index >= 15 is 0 Å². The number of thioether (sulfide) groups is 1. The molecule has 0 saturated heterocycles. The van der Waals surface area contributed by atoms with E-state index in [0.717, 1.165) is 32.8 Å². The smallest absolute Gasteiger partial charge is 0.192 e. The van der Waals surface area contributed by atoms with Gasteiger partial charge in [-0.15, -0.1) is 28.1 Å². The summed E-state index contributed by atoms with van der Waals surface area (Å²) in [4.78, 5) is 4.80. The van der Waals surface area contributed by atoms with E-state index in [1.54, 1.807) is 37.3 Å². The maximum absolute atomic E-state index is 5.41. The van der Waals surface area contributed by atoms with Crippen molar-refractivity contribution in [3.05, 3.63) is 71.8 Å². The fraction of sp³-hybridized carbons (Fsp3) is 0.208. The number of hydrogen-bond acceptors (Lipinski definition) is 7. The Labute approximate surface area is 196 Å².